The highest BCUT2D eigenvalue weighted by Gasteiger charge is 2.36. The summed E-state index contributed by atoms with van der Waals surface area (Å²) in [4.78, 5) is 0. The zero-order chi connectivity index (χ0) is 95.6. The summed E-state index contributed by atoms with van der Waals surface area (Å²) in [6.45, 7) is 16.2. The lowest BCUT2D eigenvalue weighted by Crippen LogP contribution is -2.15. The van der Waals surface area contributed by atoms with Gasteiger partial charge in [0.25, 0.3) is 0 Å². The van der Waals surface area contributed by atoms with E-state index in [9.17, 15) is 0 Å². The van der Waals surface area contributed by atoms with Crippen molar-refractivity contribution in [2.75, 3.05) is 0 Å². The average molecular weight is 1800 g/mol. The second kappa shape index (κ2) is 42.5. The number of benzene rings is 25. The molecule has 0 saturated heterocycles. The van der Waals surface area contributed by atoms with Crippen molar-refractivity contribution < 1.29 is 0 Å². The molecule has 1 aliphatic rings. The van der Waals surface area contributed by atoms with Crippen LogP contribution >= 0.6 is 0 Å². The number of hydrogen-bond acceptors (Lipinski definition) is 0. The maximum atomic E-state index is 4.05. The molecule has 0 bridgehead atoms. The van der Waals surface area contributed by atoms with Crippen LogP contribution in [-0.4, -0.2) is 0 Å². The molecule has 26 rings (SSSR count). The Balaban J connectivity index is 0.000000108. The SMILES string of the molecule is C=C/C=C(\C=C)c1ccc2c(-c3ccccc3)c3ccccc3c(-c3ccc(-c4ccccc4)cc3)c2c1.C=C/C=C\c1ccccc1.CC1(C)c2ccccc2-c2ccc3ccccc3c21.c1ccc2cc(-c3c4ccccc4c(-c4ccc5ccccc5c4)c4ccccc34)ccc2c1.c1ccc2cc3cc(-c4cccc5ccccc45)ccc3cc2c1.c1ccc2ccccc2c1.c1ccccc1. The first-order chi connectivity index (χ1) is 69.6. The van der Waals surface area contributed by atoms with Gasteiger partial charge in [0.05, 0.1) is 0 Å². The Morgan fingerprint density at radius 3 is 1.02 bits per heavy atom. The molecule has 0 saturated carbocycles. The van der Waals surface area contributed by atoms with Gasteiger partial charge in [-0.15, -0.1) is 0 Å². The molecule has 0 fully saturated rings. The Bertz CT molecular complexity index is 8610. The summed E-state index contributed by atoms with van der Waals surface area (Å²) in [6.07, 6.45) is 11.5. The molecule has 0 aromatic heterocycles. The van der Waals surface area contributed by atoms with Gasteiger partial charge in [-0.2, -0.15) is 0 Å². The molecule has 670 valence electrons. The molecular formula is C141H106. The smallest absolute Gasteiger partial charge is 0.0165 e. The highest BCUT2D eigenvalue weighted by Crippen LogP contribution is 2.52. The lowest BCUT2D eigenvalue weighted by molar-refractivity contribution is 0.666. The fourth-order valence-corrected chi connectivity index (χ4v) is 20.3. The first-order valence-electron chi connectivity index (χ1n) is 48.5. The number of hydrogen-bond donors (Lipinski definition) is 0. The van der Waals surface area contributed by atoms with Crippen LogP contribution in [0.1, 0.15) is 36.1 Å². The van der Waals surface area contributed by atoms with Gasteiger partial charge in [0.1, 0.15) is 0 Å². The van der Waals surface area contributed by atoms with Gasteiger partial charge in [0, 0.05) is 5.41 Å². The number of rotatable bonds is 11. The Kier molecular flexibility index (Phi) is 27.4. The van der Waals surface area contributed by atoms with E-state index in [2.05, 4.69) is 513 Å². The Morgan fingerprint density at radius 2 is 0.518 bits per heavy atom. The van der Waals surface area contributed by atoms with Crippen molar-refractivity contribution in [3.63, 3.8) is 0 Å². The van der Waals surface area contributed by atoms with Gasteiger partial charge in [0.2, 0.25) is 0 Å². The van der Waals surface area contributed by atoms with Gasteiger partial charge in [-0.1, -0.05) is 567 Å². The number of fused-ring (bicyclic) bond motifs is 15. The fraction of sp³-hybridized carbons (Fsp3) is 0.0213. The van der Waals surface area contributed by atoms with E-state index in [0.717, 1.165) is 11.1 Å². The third-order valence-electron chi connectivity index (χ3n) is 27.0. The molecule has 25 aromatic rings. The highest BCUT2D eigenvalue weighted by molar-refractivity contribution is 6.24. The van der Waals surface area contributed by atoms with Gasteiger partial charge in [-0.3, -0.25) is 0 Å². The van der Waals surface area contributed by atoms with Crippen molar-refractivity contribution in [1.29, 1.82) is 0 Å². The van der Waals surface area contributed by atoms with Crippen LogP contribution in [0, 0.1) is 0 Å². The molecule has 0 N–H and O–H groups in total. The van der Waals surface area contributed by atoms with E-state index in [1.165, 1.54) is 213 Å². The van der Waals surface area contributed by atoms with E-state index in [1.54, 1.807) is 6.08 Å². The van der Waals surface area contributed by atoms with E-state index >= 15 is 0 Å². The van der Waals surface area contributed by atoms with Gasteiger partial charge in [0.15, 0.2) is 0 Å². The summed E-state index contributed by atoms with van der Waals surface area (Å²) in [7, 11) is 0. The van der Waals surface area contributed by atoms with Crippen molar-refractivity contribution in [1.82, 2.24) is 0 Å². The fourth-order valence-electron chi connectivity index (χ4n) is 20.3. The third kappa shape index (κ3) is 19.7. The van der Waals surface area contributed by atoms with Crippen LogP contribution < -0.4 is 0 Å². The maximum absolute atomic E-state index is 4.05. The third-order valence-corrected chi connectivity index (χ3v) is 27.0. The number of allylic oxidation sites excluding steroid dienone is 6. The van der Waals surface area contributed by atoms with Crippen molar-refractivity contribution in [2.45, 2.75) is 19.3 Å². The summed E-state index contributed by atoms with van der Waals surface area (Å²) in [5.74, 6) is 0. The Labute approximate surface area is 827 Å². The average Bonchev–Trinajstić information content (AvgIpc) is 1.43. The zero-order valence-electron chi connectivity index (χ0n) is 79.4. The molecule has 0 atom stereocenters. The molecule has 25 aromatic carbocycles. The Hall–Kier alpha value is -17.9. The van der Waals surface area contributed by atoms with E-state index in [0.29, 0.717) is 0 Å². The predicted octanol–water partition coefficient (Wildman–Crippen LogP) is 39.8. The largest absolute Gasteiger partial charge is 0.0991 e. The first-order valence-corrected chi connectivity index (χ1v) is 48.5. The maximum Gasteiger partial charge on any atom is 0.0165 e. The van der Waals surface area contributed by atoms with Gasteiger partial charge in [-0.25, -0.2) is 0 Å². The van der Waals surface area contributed by atoms with Crippen molar-refractivity contribution >= 4 is 130 Å². The van der Waals surface area contributed by atoms with Gasteiger partial charge in [-0.05, 0) is 261 Å². The molecule has 1 aliphatic carbocycles. The van der Waals surface area contributed by atoms with Crippen LogP contribution in [0.15, 0.2) is 584 Å². The molecule has 0 unspecified atom stereocenters. The second-order valence-corrected chi connectivity index (χ2v) is 36.1. The minimum atomic E-state index is 0.0901. The van der Waals surface area contributed by atoms with E-state index < -0.39 is 0 Å². The summed E-state index contributed by atoms with van der Waals surface area (Å²) in [5.41, 5.74) is 24.3. The monoisotopic (exact) mass is 1800 g/mol. The summed E-state index contributed by atoms with van der Waals surface area (Å²) >= 11 is 0. The topological polar surface area (TPSA) is 0 Å². The molecule has 0 aliphatic heterocycles. The molecule has 0 nitrogen and oxygen atoms in total. The van der Waals surface area contributed by atoms with E-state index in [-0.39, 0.29) is 5.41 Å². The van der Waals surface area contributed by atoms with Crippen LogP contribution in [0.5, 0.6) is 0 Å². The van der Waals surface area contributed by atoms with Crippen molar-refractivity contribution in [3.8, 4) is 77.9 Å². The lowest BCUT2D eigenvalue weighted by atomic mass is 9.80. The van der Waals surface area contributed by atoms with Crippen LogP contribution in [-0.2, 0) is 5.41 Å². The Morgan fingerprint density at radius 1 is 0.199 bits per heavy atom. The van der Waals surface area contributed by atoms with Gasteiger partial charge >= 0.3 is 0 Å². The second-order valence-electron chi connectivity index (χ2n) is 36.1. The molecule has 0 heteroatoms. The minimum Gasteiger partial charge on any atom is -0.0991 e. The highest BCUT2D eigenvalue weighted by atomic mass is 14.4. The summed E-state index contributed by atoms with van der Waals surface area (Å²) < 4.78 is 0. The predicted molar refractivity (Wildman–Crippen MR) is 615 cm³/mol. The molecule has 0 radical (unpaired) electrons. The molecule has 141 heavy (non-hydrogen) atoms. The van der Waals surface area contributed by atoms with Crippen LogP contribution in [0.25, 0.3) is 208 Å². The van der Waals surface area contributed by atoms with Crippen molar-refractivity contribution in [3.05, 3.63) is 606 Å². The van der Waals surface area contributed by atoms with Gasteiger partial charge < -0.3 is 0 Å². The normalized spacial score (nSPS) is 11.6. The first kappa shape index (κ1) is 90.8. The van der Waals surface area contributed by atoms with Crippen molar-refractivity contribution in [2.24, 2.45) is 0 Å². The molecule has 0 heterocycles. The zero-order valence-corrected chi connectivity index (χ0v) is 79.4. The standard InChI is InChI=1S/C38H28.C34H22.C24H16.C19H16.C10H8.C10H10.C6H6/c1-3-13-27(4-2)32-24-25-35-36(26-32)38(31-22-20-29(21-23-31)28-14-7-5-8-15-28)34-19-12-11-18-33(34)37(35)30-16-9-6-10-17-30;1-3-11-25-21-27(19-17-23(25)9-1)33-29-13-5-7-15-31(29)34(32-16-8-6-14-30(32)33)28-20-18-24-10-2-4-12-26(24)22-28;1-2-8-19-15-22-16-21(13-12-20(22)14-18(19)7-1)24-11-5-9-17-6-3-4-10-23(17)24;1-19(2)17-10-6-5-9-15(17)16-12-11-13-7-3-4-8-14(13)18(16)19;1-2-6-10-8-4-3-7-9(10)5-1;1-2-3-7-10-8-5-4-6-9-10;1-2-4-6-5-3-1/h3-26H,1-2H2;1-22H;1-16H;3-12H,1-2H3;1-8H;2-9H,1H2;1-6H/b27-13+;;;;;7-3-;. The van der Waals surface area contributed by atoms with Crippen LogP contribution in [0.4, 0.5) is 0 Å². The van der Waals surface area contributed by atoms with Crippen LogP contribution in [0.2, 0.25) is 0 Å². The quantitative estimate of drug-likeness (QED) is 0.0894. The molecule has 0 amide bonds. The van der Waals surface area contributed by atoms with E-state index in [4.69, 9.17) is 0 Å². The molecule has 0 spiro atoms. The molecular weight excluding hydrogens is 1690 g/mol. The minimum absolute atomic E-state index is 0.0901. The van der Waals surface area contributed by atoms with E-state index in [1.807, 2.05) is 85.0 Å². The summed E-state index contributed by atoms with van der Waals surface area (Å²) in [6, 6.07) is 190. The summed E-state index contributed by atoms with van der Waals surface area (Å²) in [5, 5.41) is 28.3. The lowest BCUT2D eigenvalue weighted by Gasteiger charge is -2.23. The van der Waals surface area contributed by atoms with Crippen LogP contribution in [0.3, 0.4) is 0 Å².